The van der Waals surface area contributed by atoms with E-state index in [4.69, 9.17) is 5.11 Å². The monoisotopic (exact) mass is 308 g/mol. The van der Waals surface area contributed by atoms with Gasteiger partial charge in [0.25, 0.3) is 5.91 Å². The molecule has 2 rings (SSSR count). The maximum Gasteiger partial charge on any atom is 0.308 e. The Balaban J connectivity index is 1.87. The summed E-state index contributed by atoms with van der Waals surface area (Å²) in [5.41, 5.74) is 0.134. The summed E-state index contributed by atoms with van der Waals surface area (Å²) in [5, 5.41) is 11.4. The maximum atomic E-state index is 13.0. The molecule has 2 amide bonds. The lowest BCUT2D eigenvalue weighted by molar-refractivity contribution is -0.145. The molecule has 22 heavy (non-hydrogen) atoms. The summed E-state index contributed by atoms with van der Waals surface area (Å²) in [6.45, 7) is 0.407. The smallest absolute Gasteiger partial charge is 0.308 e. The van der Waals surface area contributed by atoms with Crippen LogP contribution in [0.1, 0.15) is 23.2 Å². The minimum absolute atomic E-state index is 0.134. The Morgan fingerprint density at radius 2 is 2.14 bits per heavy atom. The number of carbonyl (C=O) groups excluding carboxylic acids is 2. The number of hydrogen-bond donors (Lipinski definition) is 2. The average Bonchev–Trinajstić information content (AvgIpc) is 2.52. The Hall–Kier alpha value is -2.44. The lowest BCUT2D eigenvalue weighted by Gasteiger charge is -2.30. The van der Waals surface area contributed by atoms with Gasteiger partial charge in [-0.2, -0.15) is 0 Å². The normalized spacial score (nSPS) is 17.9. The molecule has 1 unspecified atom stereocenters. The fourth-order valence-electron chi connectivity index (χ4n) is 2.40. The van der Waals surface area contributed by atoms with Crippen molar-refractivity contribution >= 4 is 17.8 Å². The summed E-state index contributed by atoms with van der Waals surface area (Å²) in [6.07, 6.45) is 1.18. The third kappa shape index (κ3) is 4.03. The van der Waals surface area contributed by atoms with Gasteiger partial charge in [-0.05, 0) is 31.0 Å². The molecule has 1 aliphatic heterocycles. The number of amides is 2. The summed E-state index contributed by atoms with van der Waals surface area (Å²) in [6, 6.07) is 5.17. The van der Waals surface area contributed by atoms with Crippen LogP contribution in [-0.2, 0) is 9.59 Å². The topological polar surface area (TPSA) is 86.7 Å². The number of nitrogens with one attached hydrogen (secondary N) is 1. The Labute approximate surface area is 126 Å². The number of nitrogens with zero attached hydrogens (tertiary/aromatic N) is 1. The first-order valence-corrected chi connectivity index (χ1v) is 7.01. The zero-order chi connectivity index (χ0) is 16.1. The average molecular weight is 308 g/mol. The second-order valence-electron chi connectivity index (χ2n) is 5.21. The van der Waals surface area contributed by atoms with Crippen molar-refractivity contribution in [1.82, 2.24) is 10.2 Å². The minimum Gasteiger partial charge on any atom is -0.481 e. The summed E-state index contributed by atoms with van der Waals surface area (Å²) in [5.74, 6) is -2.88. The first kappa shape index (κ1) is 15.9. The van der Waals surface area contributed by atoms with E-state index >= 15 is 0 Å². The minimum atomic E-state index is -0.915. The number of benzene rings is 1. The number of aliphatic carboxylic acids is 1. The molecule has 0 aliphatic carbocycles. The molecule has 1 aromatic rings. The molecule has 1 heterocycles. The van der Waals surface area contributed by atoms with Crippen molar-refractivity contribution in [3.8, 4) is 0 Å². The molecule has 7 heteroatoms. The van der Waals surface area contributed by atoms with Gasteiger partial charge >= 0.3 is 5.97 Å². The number of halogens is 1. The molecule has 6 nitrogen and oxygen atoms in total. The molecule has 0 radical (unpaired) electrons. The molecule has 0 bridgehead atoms. The molecule has 1 aromatic carbocycles. The number of carbonyl (C=O) groups is 3. The standard InChI is InChI=1S/C15H17FN2O4/c16-12-5-1-3-10(7-12)14(20)17-8-13(19)18-6-2-4-11(9-18)15(21)22/h1,3,5,7,11H,2,4,6,8-9H2,(H,17,20)(H,21,22). The highest BCUT2D eigenvalue weighted by atomic mass is 19.1. The van der Waals surface area contributed by atoms with E-state index in [9.17, 15) is 18.8 Å². The van der Waals surface area contributed by atoms with Gasteiger partial charge in [-0.3, -0.25) is 14.4 Å². The summed E-state index contributed by atoms with van der Waals surface area (Å²) in [7, 11) is 0. The van der Waals surface area contributed by atoms with Crippen LogP contribution in [0, 0.1) is 11.7 Å². The summed E-state index contributed by atoms with van der Waals surface area (Å²) in [4.78, 5) is 36.2. The van der Waals surface area contributed by atoms with E-state index in [-0.39, 0.29) is 24.6 Å². The van der Waals surface area contributed by atoms with Crippen LogP contribution < -0.4 is 5.32 Å². The molecule has 118 valence electrons. The highest BCUT2D eigenvalue weighted by Gasteiger charge is 2.28. The molecule has 0 spiro atoms. The van der Waals surface area contributed by atoms with Crippen LogP contribution in [0.15, 0.2) is 24.3 Å². The van der Waals surface area contributed by atoms with Gasteiger partial charge in [0.15, 0.2) is 0 Å². The van der Waals surface area contributed by atoms with Crippen LogP contribution >= 0.6 is 0 Å². The highest BCUT2D eigenvalue weighted by Crippen LogP contribution is 2.16. The van der Waals surface area contributed by atoms with Crippen LogP contribution in [0.5, 0.6) is 0 Å². The molecule has 1 atom stereocenters. The van der Waals surface area contributed by atoms with E-state index in [2.05, 4.69) is 5.32 Å². The third-order valence-corrected chi connectivity index (χ3v) is 3.61. The van der Waals surface area contributed by atoms with E-state index in [0.29, 0.717) is 19.4 Å². The fraction of sp³-hybridized carbons (Fsp3) is 0.400. The van der Waals surface area contributed by atoms with Crippen molar-refractivity contribution in [3.05, 3.63) is 35.6 Å². The van der Waals surface area contributed by atoms with Crippen LogP contribution in [0.25, 0.3) is 0 Å². The number of likely N-dealkylation sites (tertiary alicyclic amines) is 1. The Morgan fingerprint density at radius 3 is 2.82 bits per heavy atom. The van der Waals surface area contributed by atoms with Crippen molar-refractivity contribution in [1.29, 1.82) is 0 Å². The largest absolute Gasteiger partial charge is 0.481 e. The maximum absolute atomic E-state index is 13.0. The van der Waals surface area contributed by atoms with Gasteiger partial charge in [-0.15, -0.1) is 0 Å². The summed E-state index contributed by atoms with van der Waals surface area (Å²) >= 11 is 0. The fourth-order valence-corrected chi connectivity index (χ4v) is 2.40. The lowest BCUT2D eigenvalue weighted by atomic mass is 9.98. The van der Waals surface area contributed by atoms with Gasteiger partial charge in [0.1, 0.15) is 5.82 Å². The molecule has 1 aliphatic rings. The van der Waals surface area contributed by atoms with Gasteiger partial charge in [-0.25, -0.2) is 4.39 Å². The first-order valence-electron chi connectivity index (χ1n) is 7.01. The number of hydrogen-bond acceptors (Lipinski definition) is 3. The van der Waals surface area contributed by atoms with Crippen LogP contribution in [0.4, 0.5) is 4.39 Å². The van der Waals surface area contributed by atoms with Crippen molar-refractivity contribution in [2.75, 3.05) is 19.6 Å². The van der Waals surface area contributed by atoms with Crippen molar-refractivity contribution in [2.24, 2.45) is 5.92 Å². The van der Waals surface area contributed by atoms with E-state index in [1.165, 1.54) is 23.1 Å². The molecular weight excluding hydrogens is 291 g/mol. The van der Waals surface area contributed by atoms with Gasteiger partial charge in [0, 0.05) is 18.7 Å². The Bertz CT molecular complexity index is 591. The predicted molar refractivity (Wildman–Crippen MR) is 75.7 cm³/mol. The van der Waals surface area contributed by atoms with E-state index in [0.717, 1.165) is 6.07 Å². The number of piperidine rings is 1. The molecule has 1 fully saturated rings. The highest BCUT2D eigenvalue weighted by molar-refractivity contribution is 5.96. The quantitative estimate of drug-likeness (QED) is 0.864. The Kier molecular flexibility index (Phi) is 5.08. The second-order valence-corrected chi connectivity index (χ2v) is 5.21. The van der Waals surface area contributed by atoms with Gasteiger partial charge in [0.05, 0.1) is 12.5 Å². The number of rotatable bonds is 4. The zero-order valence-electron chi connectivity index (χ0n) is 11.9. The zero-order valence-corrected chi connectivity index (χ0v) is 11.9. The molecule has 0 saturated carbocycles. The van der Waals surface area contributed by atoms with E-state index in [1.54, 1.807) is 0 Å². The molecular formula is C15H17FN2O4. The van der Waals surface area contributed by atoms with Gasteiger partial charge in [0.2, 0.25) is 5.91 Å². The predicted octanol–water partition coefficient (Wildman–Crippen LogP) is 0.879. The lowest BCUT2D eigenvalue weighted by Crippen LogP contribution is -2.46. The van der Waals surface area contributed by atoms with Crippen LogP contribution in [0.3, 0.4) is 0 Å². The second kappa shape index (κ2) is 7.02. The molecule has 1 saturated heterocycles. The van der Waals surface area contributed by atoms with Crippen molar-refractivity contribution in [3.63, 3.8) is 0 Å². The van der Waals surface area contributed by atoms with Gasteiger partial charge in [-0.1, -0.05) is 6.07 Å². The molecule has 2 N–H and O–H groups in total. The number of carboxylic acids is 1. The first-order chi connectivity index (χ1) is 10.5. The SMILES string of the molecule is O=C(NCC(=O)N1CCCC(C(=O)O)C1)c1cccc(F)c1. The molecule has 0 aromatic heterocycles. The third-order valence-electron chi connectivity index (χ3n) is 3.61. The Morgan fingerprint density at radius 1 is 1.36 bits per heavy atom. The number of carboxylic acid groups (broad SMARTS) is 1. The van der Waals surface area contributed by atoms with E-state index in [1.807, 2.05) is 0 Å². The van der Waals surface area contributed by atoms with Crippen molar-refractivity contribution < 1.29 is 23.9 Å². The summed E-state index contributed by atoms with van der Waals surface area (Å²) < 4.78 is 13.0. The van der Waals surface area contributed by atoms with Crippen molar-refractivity contribution in [2.45, 2.75) is 12.8 Å². The van der Waals surface area contributed by atoms with Crippen LogP contribution in [-0.4, -0.2) is 47.4 Å². The van der Waals surface area contributed by atoms with Crippen LogP contribution in [0.2, 0.25) is 0 Å². The van der Waals surface area contributed by atoms with Gasteiger partial charge < -0.3 is 15.3 Å². The van der Waals surface area contributed by atoms with E-state index < -0.39 is 23.6 Å².